The van der Waals surface area contributed by atoms with Gasteiger partial charge in [-0.3, -0.25) is 9.59 Å². The summed E-state index contributed by atoms with van der Waals surface area (Å²) >= 11 is 0. The van der Waals surface area contributed by atoms with E-state index in [-0.39, 0.29) is 30.9 Å². The first kappa shape index (κ1) is 13.0. The second-order valence-corrected chi connectivity index (χ2v) is 3.77. The van der Waals surface area contributed by atoms with Crippen LogP contribution in [0.3, 0.4) is 0 Å². The van der Waals surface area contributed by atoms with Gasteiger partial charge in [-0.25, -0.2) is 0 Å². The summed E-state index contributed by atoms with van der Waals surface area (Å²) in [6.45, 7) is 3.87. The molecule has 0 bridgehead atoms. The summed E-state index contributed by atoms with van der Waals surface area (Å²) in [4.78, 5) is 22.5. The number of hydrogen-bond donors (Lipinski definition) is 1. The molecule has 0 saturated carbocycles. The predicted octanol–water partition coefficient (Wildman–Crippen LogP) is 0.482. The highest BCUT2D eigenvalue weighted by molar-refractivity contribution is 5.74. The van der Waals surface area contributed by atoms with Gasteiger partial charge in [0.15, 0.2) is 0 Å². The Hall–Kier alpha value is -1.10. The van der Waals surface area contributed by atoms with E-state index >= 15 is 0 Å². The molecule has 0 aliphatic carbocycles. The number of rotatable bonds is 5. The van der Waals surface area contributed by atoms with E-state index in [4.69, 9.17) is 9.47 Å². The Labute approximate surface area is 95.5 Å². The molecule has 0 spiro atoms. The molecule has 1 aliphatic rings. The molecule has 0 aromatic carbocycles. The van der Waals surface area contributed by atoms with Crippen molar-refractivity contribution in [3.8, 4) is 0 Å². The van der Waals surface area contributed by atoms with E-state index in [1.807, 2.05) is 0 Å². The fraction of sp³-hybridized carbons (Fsp3) is 0.818. The molecule has 0 amide bonds. The van der Waals surface area contributed by atoms with Crippen LogP contribution < -0.4 is 5.32 Å². The first-order chi connectivity index (χ1) is 7.74. The van der Waals surface area contributed by atoms with Crippen LogP contribution in [0, 0.1) is 5.92 Å². The zero-order valence-electron chi connectivity index (χ0n) is 9.66. The molecule has 1 unspecified atom stereocenters. The number of piperidine rings is 1. The summed E-state index contributed by atoms with van der Waals surface area (Å²) in [5, 5.41) is 3.14. The standard InChI is InChI=1S/C11H19NO4/c1-2-15-10(13)5-7-16-11(14)9-4-3-6-12-8-9/h9,12H,2-8H2,1H3. The van der Waals surface area contributed by atoms with Crippen LogP contribution in [-0.2, 0) is 19.1 Å². The highest BCUT2D eigenvalue weighted by Gasteiger charge is 2.22. The van der Waals surface area contributed by atoms with Crippen LogP contribution in [0.25, 0.3) is 0 Å². The topological polar surface area (TPSA) is 64.6 Å². The number of hydrogen-bond acceptors (Lipinski definition) is 5. The van der Waals surface area contributed by atoms with E-state index in [9.17, 15) is 9.59 Å². The molecule has 1 atom stereocenters. The summed E-state index contributed by atoms with van der Waals surface area (Å²) in [5.41, 5.74) is 0. The Morgan fingerprint density at radius 1 is 1.38 bits per heavy atom. The highest BCUT2D eigenvalue weighted by atomic mass is 16.5. The molecule has 0 aromatic rings. The molecule has 1 fully saturated rings. The highest BCUT2D eigenvalue weighted by Crippen LogP contribution is 2.11. The molecule has 5 heteroatoms. The van der Waals surface area contributed by atoms with E-state index in [1.165, 1.54) is 0 Å². The Kier molecular flexibility index (Phi) is 5.85. The second-order valence-electron chi connectivity index (χ2n) is 3.77. The van der Waals surface area contributed by atoms with Crippen molar-refractivity contribution < 1.29 is 19.1 Å². The maximum absolute atomic E-state index is 11.5. The van der Waals surface area contributed by atoms with Crippen LogP contribution >= 0.6 is 0 Å². The Morgan fingerprint density at radius 2 is 2.19 bits per heavy atom. The summed E-state index contributed by atoms with van der Waals surface area (Å²) in [6, 6.07) is 0. The van der Waals surface area contributed by atoms with Crippen molar-refractivity contribution in [1.29, 1.82) is 0 Å². The zero-order valence-corrected chi connectivity index (χ0v) is 9.66. The van der Waals surface area contributed by atoms with E-state index < -0.39 is 0 Å². The summed E-state index contributed by atoms with van der Waals surface area (Å²) < 4.78 is 9.75. The third-order valence-corrected chi connectivity index (χ3v) is 2.49. The lowest BCUT2D eigenvalue weighted by Gasteiger charge is -2.20. The molecule has 1 aliphatic heterocycles. The number of carbonyl (C=O) groups excluding carboxylic acids is 2. The largest absolute Gasteiger partial charge is 0.466 e. The van der Waals surface area contributed by atoms with Crippen molar-refractivity contribution >= 4 is 11.9 Å². The first-order valence-corrected chi connectivity index (χ1v) is 5.77. The van der Waals surface area contributed by atoms with Crippen molar-refractivity contribution in [2.24, 2.45) is 5.92 Å². The Bertz CT molecular complexity index is 236. The average Bonchev–Trinajstić information content (AvgIpc) is 2.30. The van der Waals surface area contributed by atoms with Crippen LogP contribution in [0.4, 0.5) is 0 Å². The van der Waals surface area contributed by atoms with Gasteiger partial charge in [-0.1, -0.05) is 0 Å². The summed E-state index contributed by atoms with van der Waals surface area (Å²) in [7, 11) is 0. The third kappa shape index (κ3) is 4.61. The van der Waals surface area contributed by atoms with Crippen molar-refractivity contribution in [3.63, 3.8) is 0 Å². The summed E-state index contributed by atoms with van der Waals surface area (Å²) in [6.07, 6.45) is 2.00. The molecule has 1 saturated heterocycles. The van der Waals surface area contributed by atoms with Crippen LogP contribution in [-0.4, -0.2) is 38.2 Å². The van der Waals surface area contributed by atoms with Crippen LogP contribution in [0.15, 0.2) is 0 Å². The number of esters is 2. The molecular weight excluding hydrogens is 210 g/mol. The molecular formula is C11H19NO4. The molecule has 1 heterocycles. The lowest BCUT2D eigenvalue weighted by atomic mass is 10.0. The molecule has 1 N–H and O–H groups in total. The zero-order chi connectivity index (χ0) is 11.8. The minimum absolute atomic E-state index is 0.0593. The number of ether oxygens (including phenoxy) is 2. The molecule has 92 valence electrons. The van der Waals surface area contributed by atoms with Gasteiger partial charge in [-0.15, -0.1) is 0 Å². The molecule has 0 aromatic heterocycles. The third-order valence-electron chi connectivity index (χ3n) is 2.49. The second kappa shape index (κ2) is 7.22. The average molecular weight is 229 g/mol. The van der Waals surface area contributed by atoms with Gasteiger partial charge >= 0.3 is 11.9 Å². The van der Waals surface area contributed by atoms with Gasteiger partial charge < -0.3 is 14.8 Å². The minimum atomic E-state index is -0.322. The monoisotopic (exact) mass is 229 g/mol. The fourth-order valence-electron chi connectivity index (χ4n) is 1.64. The summed E-state index contributed by atoms with van der Waals surface area (Å²) in [5.74, 6) is -0.593. The van der Waals surface area contributed by atoms with Gasteiger partial charge in [0.1, 0.15) is 6.61 Å². The smallest absolute Gasteiger partial charge is 0.310 e. The maximum atomic E-state index is 11.5. The van der Waals surface area contributed by atoms with Gasteiger partial charge in [-0.05, 0) is 26.3 Å². The van der Waals surface area contributed by atoms with Crippen LogP contribution in [0.2, 0.25) is 0 Å². The van der Waals surface area contributed by atoms with Gasteiger partial charge in [0.25, 0.3) is 0 Å². The fourth-order valence-corrected chi connectivity index (χ4v) is 1.64. The van der Waals surface area contributed by atoms with Crippen molar-refractivity contribution in [3.05, 3.63) is 0 Å². The SMILES string of the molecule is CCOC(=O)CCOC(=O)C1CCCNC1. The van der Waals surface area contributed by atoms with E-state index in [2.05, 4.69) is 5.32 Å². The lowest BCUT2D eigenvalue weighted by Crippen LogP contribution is -2.35. The number of carbonyl (C=O) groups is 2. The van der Waals surface area contributed by atoms with Crippen molar-refractivity contribution in [2.45, 2.75) is 26.2 Å². The lowest BCUT2D eigenvalue weighted by molar-refractivity contribution is -0.152. The Morgan fingerprint density at radius 3 is 2.81 bits per heavy atom. The van der Waals surface area contributed by atoms with E-state index in [0.717, 1.165) is 19.4 Å². The Balaban J connectivity index is 2.12. The van der Waals surface area contributed by atoms with E-state index in [0.29, 0.717) is 13.2 Å². The van der Waals surface area contributed by atoms with E-state index in [1.54, 1.807) is 6.92 Å². The maximum Gasteiger partial charge on any atom is 0.310 e. The quantitative estimate of drug-likeness (QED) is 0.695. The molecule has 16 heavy (non-hydrogen) atoms. The van der Waals surface area contributed by atoms with Gasteiger partial charge in [0.05, 0.1) is 18.9 Å². The molecule has 5 nitrogen and oxygen atoms in total. The van der Waals surface area contributed by atoms with Crippen LogP contribution in [0.5, 0.6) is 0 Å². The van der Waals surface area contributed by atoms with Gasteiger partial charge in [-0.2, -0.15) is 0 Å². The normalized spacial score (nSPS) is 20.2. The number of nitrogens with one attached hydrogen (secondary N) is 1. The first-order valence-electron chi connectivity index (χ1n) is 5.77. The van der Waals surface area contributed by atoms with Crippen molar-refractivity contribution in [1.82, 2.24) is 5.32 Å². The minimum Gasteiger partial charge on any atom is -0.466 e. The molecule has 0 radical (unpaired) electrons. The van der Waals surface area contributed by atoms with Crippen molar-refractivity contribution in [2.75, 3.05) is 26.3 Å². The van der Waals surface area contributed by atoms with Crippen LogP contribution in [0.1, 0.15) is 26.2 Å². The van der Waals surface area contributed by atoms with Gasteiger partial charge in [0.2, 0.25) is 0 Å². The molecule has 1 rings (SSSR count). The van der Waals surface area contributed by atoms with Gasteiger partial charge in [0, 0.05) is 6.54 Å². The predicted molar refractivity (Wildman–Crippen MR) is 57.8 cm³/mol.